The fourth-order valence-corrected chi connectivity index (χ4v) is 3.88. The highest BCUT2D eigenvalue weighted by Crippen LogP contribution is 2.14. The highest BCUT2D eigenvalue weighted by atomic mass is 32.2. The molecule has 172 valence electrons. The molecule has 1 unspecified atom stereocenters. The van der Waals surface area contributed by atoms with Crippen LogP contribution in [0.25, 0.3) is 0 Å². The van der Waals surface area contributed by atoms with Gasteiger partial charge in [-0.25, -0.2) is 4.79 Å². The van der Waals surface area contributed by atoms with Gasteiger partial charge in [-0.3, -0.25) is 9.59 Å². The molecule has 1 atom stereocenters. The van der Waals surface area contributed by atoms with Gasteiger partial charge in [0.2, 0.25) is 5.91 Å². The van der Waals surface area contributed by atoms with E-state index in [1.807, 2.05) is 66.7 Å². The third-order valence-corrected chi connectivity index (χ3v) is 5.66. The van der Waals surface area contributed by atoms with Gasteiger partial charge in [0.05, 0.1) is 23.8 Å². The van der Waals surface area contributed by atoms with Gasteiger partial charge in [0.15, 0.2) is 5.78 Å². The summed E-state index contributed by atoms with van der Waals surface area (Å²) in [4.78, 5) is 37.2. The van der Waals surface area contributed by atoms with Crippen LogP contribution in [0, 0.1) is 0 Å². The smallest absolute Gasteiger partial charge is 0.407 e. The lowest BCUT2D eigenvalue weighted by Gasteiger charge is -2.18. The summed E-state index contributed by atoms with van der Waals surface area (Å²) in [5.74, 6) is 1.02. The molecule has 7 nitrogen and oxygen atoms in total. The molecule has 0 aliphatic heterocycles. The Hall–Kier alpha value is -3.52. The number of ether oxygens (including phenoxy) is 1. The Morgan fingerprint density at radius 2 is 1.61 bits per heavy atom. The third-order valence-electron chi connectivity index (χ3n) is 4.68. The van der Waals surface area contributed by atoms with Crippen LogP contribution in [-0.4, -0.2) is 36.1 Å². The van der Waals surface area contributed by atoms with Crippen LogP contribution in [0.5, 0.6) is 0 Å². The van der Waals surface area contributed by atoms with Crippen molar-refractivity contribution in [2.75, 3.05) is 12.3 Å². The third kappa shape index (κ3) is 8.86. The van der Waals surface area contributed by atoms with Gasteiger partial charge in [-0.1, -0.05) is 60.7 Å². The average molecular weight is 467 g/mol. The molecule has 2 N–H and O–H groups in total. The fourth-order valence-electron chi connectivity index (χ4n) is 3.01. The molecule has 0 fully saturated rings. The minimum atomic E-state index is -0.703. The Morgan fingerprint density at radius 1 is 0.909 bits per heavy atom. The molecule has 0 aliphatic carbocycles. The van der Waals surface area contributed by atoms with Gasteiger partial charge in [0.1, 0.15) is 18.9 Å². The predicted molar refractivity (Wildman–Crippen MR) is 127 cm³/mol. The molecule has 1 heterocycles. The van der Waals surface area contributed by atoms with Gasteiger partial charge in [0.25, 0.3) is 0 Å². The van der Waals surface area contributed by atoms with E-state index in [1.165, 1.54) is 11.8 Å². The van der Waals surface area contributed by atoms with Crippen molar-refractivity contribution in [3.8, 4) is 0 Å². The Balaban J connectivity index is 1.48. The lowest BCUT2D eigenvalue weighted by atomic mass is 10.0. The number of carbonyl (C=O) groups excluding carboxylic acids is 3. The first-order chi connectivity index (χ1) is 16.1. The van der Waals surface area contributed by atoms with Gasteiger partial charge in [-0.05, 0) is 29.7 Å². The summed E-state index contributed by atoms with van der Waals surface area (Å²) in [5.41, 5.74) is 1.78. The predicted octanol–water partition coefficient (Wildman–Crippen LogP) is 3.74. The van der Waals surface area contributed by atoms with E-state index in [-0.39, 0.29) is 24.7 Å². The number of carbonyl (C=O) groups is 3. The van der Waals surface area contributed by atoms with Crippen LogP contribution in [0.3, 0.4) is 0 Å². The standard InChI is InChI=1S/C25H26N2O5S/c28-23(18-33-17-21-12-7-13-31-21)22(14-19-8-3-1-4-9-19)27-24(29)15-26-25(30)32-16-20-10-5-2-6-11-20/h1-13,22H,14-18H2,(H,26,30)(H,27,29). The summed E-state index contributed by atoms with van der Waals surface area (Å²) in [6, 6.07) is 21.7. The van der Waals surface area contributed by atoms with Gasteiger partial charge in [-0.15, -0.1) is 11.8 Å². The summed E-state index contributed by atoms with van der Waals surface area (Å²) in [7, 11) is 0. The molecule has 0 saturated heterocycles. The van der Waals surface area contributed by atoms with Crippen molar-refractivity contribution in [3.63, 3.8) is 0 Å². The van der Waals surface area contributed by atoms with Crippen LogP contribution in [0.15, 0.2) is 83.5 Å². The Bertz CT molecular complexity index is 1010. The summed E-state index contributed by atoms with van der Waals surface area (Å²) < 4.78 is 10.4. The first-order valence-electron chi connectivity index (χ1n) is 10.5. The molecule has 0 bridgehead atoms. The van der Waals surface area contributed by atoms with Gasteiger partial charge >= 0.3 is 6.09 Å². The summed E-state index contributed by atoms with van der Waals surface area (Å²) in [5, 5.41) is 5.16. The minimum Gasteiger partial charge on any atom is -0.468 e. The molecule has 8 heteroatoms. The Labute approximate surface area is 196 Å². The maximum atomic E-state index is 12.8. The Morgan fingerprint density at radius 3 is 2.27 bits per heavy atom. The zero-order valence-corrected chi connectivity index (χ0v) is 18.9. The van der Waals surface area contributed by atoms with Crippen molar-refractivity contribution in [3.05, 3.63) is 95.9 Å². The molecule has 2 aromatic carbocycles. The summed E-state index contributed by atoms with van der Waals surface area (Å²) in [6.45, 7) is -0.179. The van der Waals surface area contributed by atoms with Crippen molar-refractivity contribution >= 4 is 29.5 Å². The van der Waals surface area contributed by atoms with Gasteiger partial charge < -0.3 is 19.8 Å². The second-order valence-electron chi connectivity index (χ2n) is 7.26. The van der Waals surface area contributed by atoms with Crippen molar-refractivity contribution in [2.24, 2.45) is 0 Å². The van der Waals surface area contributed by atoms with Crippen molar-refractivity contribution in [2.45, 2.75) is 24.8 Å². The van der Waals surface area contributed by atoms with Crippen LogP contribution in [0.4, 0.5) is 4.79 Å². The van der Waals surface area contributed by atoms with Crippen molar-refractivity contribution < 1.29 is 23.5 Å². The number of hydrogen-bond donors (Lipinski definition) is 2. The lowest BCUT2D eigenvalue weighted by Crippen LogP contribution is -2.47. The quantitative estimate of drug-likeness (QED) is 0.422. The average Bonchev–Trinajstić information content (AvgIpc) is 3.36. The topological polar surface area (TPSA) is 97.6 Å². The number of alkyl carbamates (subject to hydrolysis) is 1. The first-order valence-corrected chi connectivity index (χ1v) is 11.7. The van der Waals surface area contributed by atoms with E-state index in [0.717, 1.165) is 16.9 Å². The van der Waals surface area contributed by atoms with Gasteiger partial charge in [-0.2, -0.15) is 0 Å². The van der Waals surface area contributed by atoms with E-state index in [0.29, 0.717) is 12.2 Å². The normalized spacial score (nSPS) is 11.4. The monoisotopic (exact) mass is 466 g/mol. The summed E-state index contributed by atoms with van der Waals surface area (Å²) in [6.07, 6.45) is 1.26. The van der Waals surface area contributed by atoms with E-state index in [2.05, 4.69) is 10.6 Å². The van der Waals surface area contributed by atoms with E-state index < -0.39 is 18.0 Å². The molecule has 0 saturated carbocycles. The van der Waals surface area contributed by atoms with Crippen LogP contribution in [-0.2, 0) is 33.1 Å². The number of hydrogen-bond acceptors (Lipinski definition) is 6. The zero-order valence-electron chi connectivity index (χ0n) is 18.1. The molecule has 2 amide bonds. The van der Waals surface area contributed by atoms with Crippen LogP contribution in [0.2, 0.25) is 0 Å². The zero-order chi connectivity index (χ0) is 23.3. The SMILES string of the molecule is O=C(CNC(=O)OCc1ccccc1)NC(Cc1ccccc1)C(=O)CSCc1ccco1. The van der Waals surface area contributed by atoms with E-state index in [9.17, 15) is 14.4 Å². The molecule has 0 radical (unpaired) electrons. The number of amides is 2. The van der Waals surface area contributed by atoms with Gasteiger partial charge in [0, 0.05) is 0 Å². The number of nitrogens with one attached hydrogen (secondary N) is 2. The van der Waals surface area contributed by atoms with E-state index in [4.69, 9.17) is 9.15 Å². The van der Waals surface area contributed by atoms with Crippen LogP contribution < -0.4 is 10.6 Å². The molecule has 0 aliphatic rings. The second-order valence-corrected chi connectivity index (χ2v) is 8.25. The molecule has 3 aromatic rings. The maximum Gasteiger partial charge on any atom is 0.407 e. The second kappa shape index (κ2) is 13.1. The largest absolute Gasteiger partial charge is 0.468 e. The summed E-state index contributed by atoms with van der Waals surface area (Å²) >= 11 is 1.42. The number of thioether (sulfide) groups is 1. The molecule has 33 heavy (non-hydrogen) atoms. The molecule has 1 aromatic heterocycles. The lowest BCUT2D eigenvalue weighted by molar-refractivity contribution is -0.126. The van der Waals surface area contributed by atoms with Crippen molar-refractivity contribution in [1.29, 1.82) is 0 Å². The number of benzene rings is 2. The Kier molecular flexibility index (Phi) is 9.60. The minimum absolute atomic E-state index is 0.101. The van der Waals surface area contributed by atoms with Crippen molar-refractivity contribution in [1.82, 2.24) is 10.6 Å². The number of rotatable bonds is 12. The van der Waals surface area contributed by atoms with E-state index >= 15 is 0 Å². The number of ketones is 1. The van der Waals surface area contributed by atoms with E-state index in [1.54, 1.807) is 12.3 Å². The first kappa shape index (κ1) is 24.1. The molecular formula is C25H26N2O5S. The molecule has 0 spiro atoms. The molecular weight excluding hydrogens is 440 g/mol. The maximum absolute atomic E-state index is 12.8. The highest BCUT2D eigenvalue weighted by Gasteiger charge is 2.21. The number of furan rings is 1. The molecule has 3 rings (SSSR count). The fraction of sp³-hybridized carbons (Fsp3) is 0.240. The van der Waals surface area contributed by atoms with Crippen LogP contribution >= 0.6 is 11.8 Å². The van der Waals surface area contributed by atoms with Crippen LogP contribution in [0.1, 0.15) is 16.9 Å². The number of Topliss-reactive ketones (excluding diaryl/α,β-unsaturated/α-hetero) is 1. The highest BCUT2D eigenvalue weighted by molar-refractivity contribution is 7.99.